The molecule has 2 heterocycles. The molecule has 25 heavy (non-hydrogen) atoms. The zero-order chi connectivity index (χ0) is 17.2. The van der Waals surface area contributed by atoms with Crippen LogP contribution in [0.5, 0.6) is 0 Å². The van der Waals surface area contributed by atoms with E-state index in [1.54, 1.807) is 22.7 Å². The molecule has 0 spiro atoms. The van der Waals surface area contributed by atoms with Gasteiger partial charge in [0.2, 0.25) is 0 Å². The molecule has 0 aliphatic heterocycles. The molecule has 0 radical (unpaired) electrons. The highest BCUT2D eigenvalue weighted by Gasteiger charge is 2.09. The minimum absolute atomic E-state index is 0.780. The van der Waals surface area contributed by atoms with Crippen molar-refractivity contribution in [1.82, 2.24) is 9.97 Å². The van der Waals surface area contributed by atoms with Gasteiger partial charge in [0, 0.05) is 30.8 Å². The Morgan fingerprint density at radius 2 is 1.04 bits per heavy atom. The van der Waals surface area contributed by atoms with Crippen molar-refractivity contribution in [2.24, 2.45) is 0 Å². The van der Waals surface area contributed by atoms with Gasteiger partial charge in [-0.3, -0.25) is 0 Å². The van der Waals surface area contributed by atoms with Crippen LogP contribution in [0.25, 0.3) is 22.5 Å². The van der Waals surface area contributed by atoms with E-state index >= 15 is 0 Å². The number of aromatic nitrogens is 2. The molecule has 4 rings (SSSR count). The molecule has 2 nitrogen and oxygen atoms in total. The van der Waals surface area contributed by atoms with Crippen LogP contribution in [0.2, 0.25) is 0 Å². The summed E-state index contributed by atoms with van der Waals surface area (Å²) in [5.41, 5.74) is 4.33. The highest BCUT2D eigenvalue weighted by atomic mass is 79.9. The minimum atomic E-state index is 0.780. The molecule has 6 heteroatoms. The lowest BCUT2D eigenvalue weighted by molar-refractivity contribution is 1.11. The first-order valence-electron chi connectivity index (χ1n) is 7.58. The molecule has 0 bridgehead atoms. The number of thiazole rings is 2. The van der Waals surface area contributed by atoms with Crippen molar-refractivity contribution in [2.75, 3.05) is 0 Å². The van der Waals surface area contributed by atoms with Crippen LogP contribution in [-0.2, 0) is 6.42 Å². The van der Waals surface area contributed by atoms with E-state index in [9.17, 15) is 0 Å². The predicted octanol–water partition coefficient (Wildman–Crippen LogP) is 7.05. The van der Waals surface area contributed by atoms with E-state index in [1.807, 2.05) is 24.3 Å². The van der Waals surface area contributed by atoms with Gasteiger partial charge in [-0.25, -0.2) is 9.97 Å². The Bertz CT molecular complexity index is 907. The third-order valence-electron chi connectivity index (χ3n) is 3.69. The van der Waals surface area contributed by atoms with E-state index in [1.165, 1.54) is 0 Å². The summed E-state index contributed by atoms with van der Waals surface area (Å²) in [5.74, 6) is 0. The second-order valence-corrected chi connectivity index (χ2v) is 9.16. The monoisotopic (exact) mass is 490 g/mol. The van der Waals surface area contributed by atoms with Gasteiger partial charge in [-0.15, -0.1) is 22.7 Å². The Labute approximate surface area is 170 Å². The van der Waals surface area contributed by atoms with E-state index in [0.717, 1.165) is 47.9 Å². The Balaban J connectivity index is 1.51. The van der Waals surface area contributed by atoms with Gasteiger partial charge >= 0.3 is 0 Å². The van der Waals surface area contributed by atoms with Crippen molar-refractivity contribution >= 4 is 54.5 Å². The van der Waals surface area contributed by atoms with Crippen molar-refractivity contribution in [2.45, 2.75) is 6.42 Å². The smallest absolute Gasteiger partial charge is 0.100 e. The summed E-state index contributed by atoms with van der Waals surface area (Å²) in [7, 11) is 0. The molecular weight excluding hydrogens is 480 g/mol. The van der Waals surface area contributed by atoms with E-state index in [-0.39, 0.29) is 0 Å². The summed E-state index contributed by atoms with van der Waals surface area (Å²) in [4.78, 5) is 9.53. The fourth-order valence-electron chi connectivity index (χ4n) is 2.42. The molecule has 0 saturated carbocycles. The quantitative estimate of drug-likeness (QED) is 0.305. The number of hydrogen-bond donors (Lipinski definition) is 0. The second kappa shape index (κ2) is 7.50. The molecule has 0 N–H and O–H groups in total. The lowest BCUT2D eigenvalue weighted by Gasteiger charge is -1.97. The van der Waals surface area contributed by atoms with Crippen molar-refractivity contribution in [3.05, 3.63) is 78.3 Å². The molecule has 2 aromatic carbocycles. The lowest BCUT2D eigenvalue weighted by Crippen LogP contribution is -1.87. The zero-order valence-corrected chi connectivity index (χ0v) is 17.8. The zero-order valence-electron chi connectivity index (χ0n) is 12.9. The van der Waals surface area contributed by atoms with Gasteiger partial charge in [0.15, 0.2) is 0 Å². The Morgan fingerprint density at radius 3 is 1.44 bits per heavy atom. The molecule has 0 amide bonds. The number of hydrogen-bond acceptors (Lipinski definition) is 4. The van der Waals surface area contributed by atoms with Crippen molar-refractivity contribution in [3.8, 4) is 22.5 Å². The third kappa shape index (κ3) is 4.08. The molecule has 0 saturated heterocycles. The summed E-state index contributed by atoms with van der Waals surface area (Å²) >= 11 is 10.3. The largest absolute Gasteiger partial charge is 0.241 e. The first-order chi connectivity index (χ1) is 12.2. The number of benzene rings is 2. The maximum Gasteiger partial charge on any atom is 0.100 e. The standard InChI is InChI=1S/C19H12Br2N2S2/c20-14-5-1-12(2-6-14)16-10-24-18(22-16)9-19-23-17(11-25-19)13-3-7-15(21)8-4-13/h1-8,10-11H,9H2. The van der Waals surface area contributed by atoms with E-state index in [4.69, 9.17) is 9.97 Å². The number of nitrogens with zero attached hydrogens (tertiary/aromatic N) is 2. The van der Waals surface area contributed by atoms with Gasteiger partial charge < -0.3 is 0 Å². The van der Waals surface area contributed by atoms with E-state index < -0.39 is 0 Å². The number of halogens is 2. The molecule has 0 aliphatic rings. The average Bonchev–Trinajstić information content (AvgIpc) is 3.27. The predicted molar refractivity (Wildman–Crippen MR) is 113 cm³/mol. The molecule has 0 fully saturated rings. The van der Waals surface area contributed by atoms with Crippen molar-refractivity contribution < 1.29 is 0 Å². The molecule has 2 aromatic heterocycles. The molecule has 0 aliphatic carbocycles. The summed E-state index contributed by atoms with van der Waals surface area (Å²) in [6.07, 6.45) is 0.780. The molecule has 124 valence electrons. The Hall–Kier alpha value is -1.34. The first-order valence-corrected chi connectivity index (χ1v) is 10.9. The lowest BCUT2D eigenvalue weighted by atomic mass is 10.2. The topological polar surface area (TPSA) is 25.8 Å². The molecule has 4 aromatic rings. The summed E-state index contributed by atoms with van der Waals surface area (Å²) in [5, 5.41) is 6.41. The number of rotatable bonds is 4. The summed E-state index contributed by atoms with van der Waals surface area (Å²) in [6.45, 7) is 0. The maximum atomic E-state index is 4.76. The van der Waals surface area contributed by atoms with Crippen molar-refractivity contribution in [1.29, 1.82) is 0 Å². The van der Waals surface area contributed by atoms with Gasteiger partial charge in [0.1, 0.15) is 10.0 Å². The fraction of sp³-hybridized carbons (Fsp3) is 0.0526. The van der Waals surface area contributed by atoms with Gasteiger partial charge in [-0.1, -0.05) is 56.1 Å². The van der Waals surface area contributed by atoms with Crippen LogP contribution in [0.15, 0.2) is 68.2 Å². The van der Waals surface area contributed by atoms with Crippen LogP contribution in [0.1, 0.15) is 10.0 Å². The second-order valence-electron chi connectivity index (χ2n) is 5.44. The maximum absolute atomic E-state index is 4.76. The van der Waals surface area contributed by atoms with Crippen LogP contribution in [-0.4, -0.2) is 9.97 Å². The summed E-state index contributed by atoms with van der Waals surface area (Å²) < 4.78 is 2.16. The normalized spacial score (nSPS) is 11.0. The highest BCUT2D eigenvalue weighted by Crippen LogP contribution is 2.28. The fourth-order valence-corrected chi connectivity index (χ4v) is 4.66. The minimum Gasteiger partial charge on any atom is -0.241 e. The molecule has 0 unspecified atom stereocenters. The van der Waals surface area contributed by atoms with Crippen LogP contribution in [0, 0.1) is 0 Å². The van der Waals surface area contributed by atoms with Gasteiger partial charge in [-0.05, 0) is 24.3 Å². The van der Waals surface area contributed by atoms with Crippen molar-refractivity contribution in [3.63, 3.8) is 0 Å². The van der Waals surface area contributed by atoms with Crippen LogP contribution in [0.4, 0.5) is 0 Å². The summed E-state index contributed by atoms with van der Waals surface area (Å²) in [6, 6.07) is 16.5. The first kappa shape index (κ1) is 17.1. The van der Waals surface area contributed by atoms with E-state index in [2.05, 4.69) is 66.9 Å². The van der Waals surface area contributed by atoms with Gasteiger partial charge in [0.25, 0.3) is 0 Å². The van der Waals surface area contributed by atoms with Gasteiger partial charge in [0.05, 0.1) is 17.8 Å². The molecule has 0 atom stereocenters. The van der Waals surface area contributed by atoms with E-state index in [0.29, 0.717) is 0 Å². The van der Waals surface area contributed by atoms with Crippen LogP contribution in [0.3, 0.4) is 0 Å². The SMILES string of the molecule is Brc1ccc(-c2csc(Cc3nc(-c4ccc(Br)cc4)cs3)n2)cc1. The van der Waals surface area contributed by atoms with Gasteiger partial charge in [-0.2, -0.15) is 0 Å². The Kier molecular flexibility index (Phi) is 5.12. The molecular formula is C19H12Br2N2S2. The third-order valence-corrected chi connectivity index (χ3v) is 6.44. The van der Waals surface area contributed by atoms with Crippen LogP contribution < -0.4 is 0 Å². The Morgan fingerprint density at radius 1 is 0.640 bits per heavy atom. The van der Waals surface area contributed by atoms with Crippen LogP contribution >= 0.6 is 54.5 Å². The average molecular weight is 492 g/mol. The highest BCUT2D eigenvalue weighted by molar-refractivity contribution is 9.10.